The van der Waals surface area contributed by atoms with Crippen LogP contribution in [0, 0.1) is 5.92 Å². The van der Waals surface area contributed by atoms with Crippen molar-refractivity contribution in [3.05, 3.63) is 41.0 Å². The lowest BCUT2D eigenvalue weighted by Gasteiger charge is -2.24. The van der Waals surface area contributed by atoms with Crippen LogP contribution in [0.25, 0.3) is 6.08 Å². The molecule has 0 saturated heterocycles. The molecule has 0 spiro atoms. The predicted octanol–water partition coefficient (Wildman–Crippen LogP) is 3.25. The van der Waals surface area contributed by atoms with Gasteiger partial charge in [-0.3, -0.25) is 0 Å². The van der Waals surface area contributed by atoms with Gasteiger partial charge in [-0.25, -0.2) is 4.79 Å². The smallest absolute Gasteiger partial charge is 0.330 e. The normalized spacial score (nSPS) is 19.2. The average Bonchev–Trinajstić information content (AvgIpc) is 3.00. The molecule has 1 aromatic rings. The lowest BCUT2D eigenvalue weighted by atomic mass is 9.98. The predicted molar refractivity (Wildman–Crippen MR) is 96.6 cm³/mol. The first kappa shape index (κ1) is 18.7. The lowest BCUT2D eigenvalue weighted by Crippen LogP contribution is -2.36. The Morgan fingerprint density at radius 1 is 1.50 bits per heavy atom. The summed E-state index contributed by atoms with van der Waals surface area (Å²) >= 11 is 0. The maximum atomic E-state index is 11.2. The minimum atomic E-state index is -0.342. The highest BCUT2D eigenvalue weighted by molar-refractivity contribution is 5.86. The fourth-order valence-electron chi connectivity index (χ4n) is 3.28. The monoisotopic (exact) mass is 331 g/mol. The molecule has 1 aromatic carbocycles. The molecule has 2 rings (SSSR count). The number of aliphatic hydroxyl groups excluding tert-OH is 1. The molecule has 132 valence electrons. The molecular weight excluding hydrogens is 302 g/mol. The summed E-state index contributed by atoms with van der Waals surface area (Å²) in [6.45, 7) is 4.59. The molecule has 2 N–H and O–H groups in total. The zero-order valence-corrected chi connectivity index (χ0v) is 14.9. The van der Waals surface area contributed by atoms with Gasteiger partial charge in [0.25, 0.3) is 0 Å². The van der Waals surface area contributed by atoms with Crippen LogP contribution in [0.5, 0.6) is 0 Å². The van der Waals surface area contributed by atoms with Gasteiger partial charge in [0.15, 0.2) is 0 Å². The van der Waals surface area contributed by atoms with Crippen LogP contribution in [-0.2, 0) is 16.0 Å². The Morgan fingerprint density at radius 2 is 2.29 bits per heavy atom. The highest BCUT2D eigenvalue weighted by Gasteiger charge is 2.25. The standard InChI is InChI=1S/C20H29NO3/c1-4-14(2)11-17(13-22)21-19-9-7-16-12-15(5-8-18(16)19)6-10-20(23)24-3/h5-6,8,10,12,14,17,19,21-22H,4,7,9,11,13H2,1-3H3/b10-6+/t14-,17-,19+/m0/s1. The molecule has 3 atom stereocenters. The van der Waals surface area contributed by atoms with Gasteiger partial charge in [-0.1, -0.05) is 38.5 Å². The number of esters is 1. The summed E-state index contributed by atoms with van der Waals surface area (Å²) in [5.74, 6) is 0.271. The van der Waals surface area contributed by atoms with Gasteiger partial charge in [0.05, 0.1) is 13.7 Å². The van der Waals surface area contributed by atoms with E-state index in [1.54, 1.807) is 6.08 Å². The minimum absolute atomic E-state index is 0.148. The van der Waals surface area contributed by atoms with E-state index >= 15 is 0 Å². The molecule has 0 bridgehead atoms. The van der Waals surface area contributed by atoms with Crippen molar-refractivity contribution in [2.24, 2.45) is 5.92 Å². The highest BCUT2D eigenvalue weighted by Crippen LogP contribution is 2.32. The Kier molecular flexibility index (Phi) is 7.00. The van der Waals surface area contributed by atoms with E-state index < -0.39 is 0 Å². The maximum Gasteiger partial charge on any atom is 0.330 e. The lowest BCUT2D eigenvalue weighted by molar-refractivity contribution is -0.134. The third kappa shape index (κ3) is 4.92. The van der Waals surface area contributed by atoms with E-state index in [1.165, 1.54) is 24.3 Å². The summed E-state index contributed by atoms with van der Waals surface area (Å²) in [6.07, 6.45) is 7.44. The number of methoxy groups -OCH3 is 1. The van der Waals surface area contributed by atoms with Crippen molar-refractivity contribution >= 4 is 12.0 Å². The molecular formula is C20H29NO3. The molecule has 4 nitrogen and oxygen atoms in total. The van der Waals surface area contributed by atoms with E-state index in [9.17, 15) is 9.90 Å². The number of benzene rings is 1. The number of hydrogen-bond donors (Lipinski definition) is 2. The molecule has 0 heterocycles. The molecule has 0 unspecified atom stereocenters. The third-order valence-corrected chi connectivity index (χ3v) is 4.90. The van der Waals surface area contributed by atoms with Crippen molar-refractivity contribution in [1.29, 1.82) is 0 Å². The van der Waals surface area contributed by atoms with Gasteiger partial charge >= 0.3 is 5.97 Å². The molecule has 1 aliphatic carbocycles. The second kappa shape index (κ2) is 9.00. The Bertz CT molecular complexity index is 582. The third-order valence-electron chi connectivity index (χ3n) is 4.90. The Balaban J connectivity index is 2.04. The van der Waals surface area contributed by atoms with Crippen LogP contribution in [0.4, 0.5) is 0 Å². The fourth-order valence-corrected chi connectivity index (χ4v) is 3.28. The average molecular weight is 331 g/mol. The van der Waals surface area contributed by atoms with E-state index in [2.05, 4.69) is 36.0 Å². The van der Waals surface area contributed by atoms with Crippen LogP contribution in [0.15, 0.2) is 24.3 Å². The van der Waals surface area contributed by atoms with Gasteiger partial charge in [0.1, 0.15) is 0 Å². The summed E-state index contributed by atoms with van der Waals surface area (Å²) in [5.41, 5.74) is 3.64. The van der Waals surface area contributed by atoms with Crippen LogP contribution < -0.4 is 5.32 Å². The van der Waals surface area contributed by atoms with Gasteiger partial charge in [0.2, 0.25) is 0 Å². The summed E-state index contributed by atoms with van der Waals surface area (Å²) in [7, 11) is 1.38. The van der Waals surface area contributed by atoms with Crippen molar-refractivity contribution in [2.75, 3.05) is 13.7 Å². The molecule has 0 aromatic heterocycles. The SMILES string of the molecule is CC[C@H](C)C[C@@H](CO)N[C@@H]1CCc2cc(/C=C/C(=O)OC)ccc21. The molecule has 0 radical (unpaired) electrons. The number of rotatable bonds is 8. The van der Waals surface area contributed by atoms with Gasteiger partial charge in [-0.15, -0.1) is 0 Å². The van der Waals surface area contributed by atoms with Crippen LogP contribution in [-0.4, -0.2) is 30.8 Å². The van der Waals surface area contributed by atoms with Gasteiger partial charge in [-0.2, -0.15) is 0 Å². The Hall–Kier alpha value is -1.65. The molecule has 4 heteroatoms. The quantitative estimate of drug-likeness (QED) is 0.567. The van der Waals surface area contributed by atoms with E-state index in [1.807, 2.05) is 6.07 Å². The Morgan fingerprint density at radius 3 is 2.96 bits per heavy atom. The number of carbonyl (C=O) groups excluding carboxylic acids is 1. The second-order valence-electron chi connectivity index (χ2n) is 6.70. The fraction of sp³-hybridized carbons (Fsp3) is 0.550. The summed E-state index contributed by atoms with van der Waals surface area (Å²) in [5, 5.41) is 13.3. The first-order chi connectivity index (χ1) is 11.6. The minimum Gasteiger partial charge on any atom is -0.466 e. The van der Waals surface area contributed by atoms with E-state index in [0.29, 0.717) is 12.0 Å². The van der Waals surface area contributed by atoms with Crippen molar-refractivity contribution in [3.63, 3.8) is 0 Å². The number of ether oxygens (including phenoxy) is 1. The summed E-state index contributed by atoms with van der Waals surface area (Å²) < 4.78 is 4.62. The molecule has 0 amide bonds. The van der Waals surface area contributed by atoms with Crippen LogP contribution in [0.1, 0.15) is 55.8 Å². The maximum absolute atomic E-state index is 11.2. The topological polar surface area (TPSA) is 58.6 Å². The number of aryl methyl sites for hydroxylation is 1. The molecule has 0 saturated carbocycles. The van der Waals surface area contributed by atoms with Crippen molar-refractivity contribution in [1.82, 2.24) is 5.32 Å². The van der Waals surface area contributed by atoms with Crippen molar-refractivity contribution in [2.45, 2.75) is 51.6 Å². The van der Waals surface area contributed by atoms with Crippen molar-refractivity contribution < 1.29 is 14.6 Å². The van der Waals surface area contributed by atoms with E-state index in [-0.39, 0.29) is 18.6 Å². The first-order valence-corrected chi connectivity index (χ1v) is 8.83. The Labute approximate surface area is 144 Å². The van der Waals surface area contributed by atoms with Crippen molar-refractivity contribution in [3.8, 4) is 0 Å². The number of fused-ring (bicyclic) bond motifs is 1. The first-order valence-electron chi connectivity index (χ1n) is 8.83. The van der Waals surface area contributed by atoms with Crippen LogP contribution in [0.3, 0.4) is 0 Å². The molecule has 0 fully saturated rings. The van der Waals surface area contributed by atoms with E-state index in [4.69, 9.17) is 0 Å². The molecule has 0 aliphatic heterocycles. The van der Waals surface area contributed by atoms with Gasteiger partial charge in [-0.05, 0) is 47.9 Å². The summed E-state index contributed by atoms with van der Waals surface area (Å²) in [6, 6.07) is 6.75. The molecule has 1 aliphatic rings. The van der Waals surface area contributed by atoms with Gasteiger partial charge < -0.3 is 15.2 Å². The second-order valence-corrected chi connectivity index (χ2v) is 6.70. The summed E-state index contributed by atoms with van der Waals surface area (Å²) in [4.78, 5) is 11.2. The van der Waals surface area contributed by atoms with Gasteiger partial charge in [0, 0.05) is 18.2 Å². The number of hydrogen-bond acceptors (Lipinski definition) is 4. The largest absolute Gasteiger partial charge is 0.466 e. The number of carbonyl (C=O) groups is 1. The van der Waals surface area contributed by atoms with E-state index in [0.717, 1.165) is 31.2 Å². The zero-order valence-electron chi connectivity index (χ0n) is 14.9. The zero-order chi connectivity index (χ0) is 17.5. The highest BCUT2D eigenvalue weighted by atomic mass is 16.5. The molecule has 24 heavy (non-hydrogen) atoms. The number of nitrogens with one attached hydrogen (secondary N) is 1. The van der Waals surface area contributed by atoms with Crippen LogP contribution in [0.2, 0.25) is 0 Å². The van der Waals surface area contributed by atoms with Crippen LogP contribution >= 0.6 is 0 Å². The number of aliphatic hydroxyl groups is 1.